The van der Waals surface area contributed by atoms with E-state index < -0.39 is 44.0 Å². The predicted molar refractivity (Wildman–Crippen MR) is 131 cm³/mol. The molecule has 1 saturated heterocycles. The lowest BCUT2D eigenvalue weighted by atomic mass is 10.00. The van der Waals surface area contributed by atoms with Gasteiger partial charge in [0.25, 0.3) is 10.0 Å². The van der Waals surface area contributed by atoms with E-state index in [1.165, 1.54) is 30.6 Å². The van der Waals surface area contributed by atoms with Gasteiger partial charge >= 0.3 is 0 Å². The van der Waals surface area contributed by atoms with Gasteiger partial charge in [0.05, 0.1) is 17.4 Å². The number of nitrogens with two attached hydrogens (primary N) is 1. The van der Waals surface area contributed by atoms with Crippen LogP contribution in [0.15, 0.2) is 64.6 Å². The van der Waals surface area contributed by atoms with Crippen LogP contribution in [0.2, 0.25) is 0 Å². The third-order valence-electron chi connectivity index (χ3n) is 5.65. The molecule has 2 heterocycles. The van der Waals surface area contributed by atoms with Crippen LogP contribution in [0.5, 0.6) is 0 Å². The van der Waals surface area contributed by atoms with Crippen LogP contribution in [0, 0.1) is 23.4 Å². The molecule has 0 aliphatic carbocycles. The average molecular weight is 535 g/mol. The van der Waals surface area contributed by atoms with Crippen molar-refractivity contribution in [3.8, 4) is 0 Å². The number of halogens is 4. The molecule has 0 atom stereocenters. The van der Waals surface area contributed by atoms with E-state index in [4.69, 9.17) is 10.5 Å². The molecule has 12 heteroatoms. The second-order valence-electron chi connectivity index (χ2n) is 8.16. The van der Waals surface area contributed by atoms with E-state index in [1.807, 2.05) is 4.72 Å². The summed E-state index contributed by atoms with van der Waals surface area (Å²) in [6.45, 7) is 1.06. The number of hydrogen-bond acceptors (Lipinski definition) is 6. The average Bonchev–Trinajstić information content (AvgIpc) is 2.87. The minimum Gasteiger partial charge on any atom is -0.398 e. The zero-order chi connectivity index (χ0) is 26.6. The van der Waals surface area contributed by atoms with Crippen LogP contribution in [-0.2, 0) is 14.8 Å². The number of nitrogens with zero attached hydrogens (tertiary/aromatic N) is 2. The minimum absolute atomic E-state index is 0.0765. The lowest BCUT2D eigenvalue weighted by molar-refractivity contribution is 0.0872. The Kier molecular flexibility index (Phi) is 7.89. The van der Waals surface area contributed by atoms with Crippen LogP contribution in [0.25, 0.3) is 11.3 Å². The first-order chi connectivity index (χ1) is 17.7. The molecule has 3 aromatic rings. The van der Waals surface area contributed by atoms with Gasteiger partial charge in [-0.1, -0.05) is 6.07 Å². The maximum atomic E-state index is 15.5. The summed E-state index contributed by atoms with van der Waals surface area (Å²) in [6.07, 6.45) is 3.96. The molecule has 7 nitrogen and oxygen atoms in total. The number of pyridine rings is 1. The Morgan fingerprint density at radius 3 is 2.57 bits per heavy atom. The van der Waals surface area contributed by atoms with Crippen molar-refractivity contribution in [1.82, 2.24) is 4.98 Å². The summed E-state index contributed by atoms with van der Waals surface area (Å²) in [6, 6.07) is 8.11. The smallest absolute Gasteiger partial charge is 0.265 e. The minimum atomic E-state index is -4.69. The molecule has 0 amide bonds. The van der Waals surface area contributed by atoms with Crippen LogP contribution >= 0.6 is 0 Å². The zero-order valence-electron chi connectivity index (χ0n) is 19.3. The number of sulfonamides is 1. The highest BCUT2D eigenvalue weighted by Crippen LogP contribution is 2.29. The summed E-state index contributed by atoms with van der Waals surface area (Å²) in [5.74, 6) is -4.06. The number of ether oxygens (including phenoxy) is 1. The Bertz CT molecular complexity index is 1470. The van der Waals surface area contributed by atoms with Crippen molar-refractivity contribution in [2.75, 3.05) is 17.9 Å². The maximum absolute atomic E-state index is 15.5. The van der Waals surface area contributed by atoms with E-state index >= 15 is 4.39 Å². The molecule has 194 valence electrons. The van der Waals surface area contributed by atoms with Crippen molar-refractivity contribution in [2.45, 2.75) is 23.8 Å². The topological polar surface area (TPSA) is 107 Å². The van der Waals surface area contributed by atoms with Crippen molar-refractivity contribution < 1.29 is 30.7 Å². The number of rotatable bonds is 7. The quantitative estimate of drug-likeness (QED) is 0.264. The number of nitrogens with one attached hydrogen (secondary N) is 1. The van der Waals surface area contributed by atoms with Crippen molar-refractivity contribution >= 4 is 33.2 Å². The van der Waals surface area contributed by atoms with Gasteiger partial charge < -0.3 is 10.5 Å². The fraction of sp³-hybridized carbons (Fsp3) is 0.200. The monoisotopic (exact) mass is 534 g/mol. The van der Waals surface area contributed by atoms with E-state index in [-0.39, 0.29) is 28.4 Å². The van der Waals surface area contributed by atoms with Crippen molar-refractivity contribution in [1.29, 1.82) is 0 Å². The summed E-state index contributed by atoms with van der Waals surface area (Å²) in [4.78, 5) is 7.04. The normalized spacial score (nSPS) is 15.6. The van der Waals surface area contributed by atoms with Crippen molar-refractivity contribution in [2.24, 2.45) is 10.7 Å². The molecule has 0 radical (unpaired) electrons. The molecule has 4 rings (SSSR count). The van der Waals surface area contributed by atoms with Gasteiger partial charge in [-0.3, -0.25) is 9.71 Å². The van der Waals surface area contributed by atoms with Gasteiger partial charge in [-0.25, -0.2) is 26.6 Å². The molecule has 1 aliphatic heterocycles. The molecule has 37 heavy (non-hydrogen) atoms. The Hall–Kier alpha value is -3.77. The first kappa shape index (κ1) is 26.3. The Morgan fingerprint density at radius 1 is 1.08 bits per heavy atom. The zero-order valence-corrected chi connectivity index (χ0v) is 20.1. The van der Waals surface area contributed by atoms with Crippen molar-refractivity contribution in [3.05, 3.63) is 89.3 Å². The van der Waals surface area contributed by atoms with E-state index in [9.17, 15) is 21.6 Å². The highest BCUT2D eigenvalue weighted by atomic mass is 32.2. The van der Waals surface area contributed by atoms with E-state index in [0.717, 1.165) is 18.2 Å². The molecule has 0 bridgehead atoms. The van der Waals surface area contributed by atoms with E-state index in [1.54, 1.807) is 0 Å². The first-order valence-corrected chi connectivity index (χ1v) is 12.6. The Balaban J connectivity index is 1.76. The Labute approximate surface area is 210 Å². The third-order valence-corrected chi connectivity index (χ3v) is 7.03. The second-order valence-corrected chi connectivity index (χ2v) is 9.81. The van der Waals surface area contributed by atoms with Crippen LogP contribution in [0.4, 0.5) is 23.2 Å². The number of aliphatic imine (C=N–C) groups is 1. The van der Waals surface area contributed by atoms with Gasteiger partial charge in [0.2, 0.25) is 5.95 Å². The molecular formula is C25H22F4N4O3S. The largest absolute Gasteiger partial charge is 0.398 e. The molecule has 0 saturated carbocycles. The second kappa shape index (κ2) is 11.1. The van der Waals surface area contributed by atoms with Crippen LogP contribution in [0.1, 0.15) is 24.0 Å². The van der Waals surface area contributed by atoms with E-state index in [0.29, 0.717) is 38.2 Å². The van der Waals surface area contributed by atoms with Crippen molar-refractivity contribution in [3.63, 3.8) is 0 Å². The van der Waals surface area contributed by atoms with Crippen LogP contribution < -0.4 is 10.5 Å². The van der Waals surface area contributed by atoms with Crippen LogP contribution in [0.3, 0.4) is 0 Å². The maximum Gasteiger partial charge on any atom is 0.265 e. The highest BCUT2D eigenvalue weighted by Gasteiger charge is 2.23. The summed E-state index contributed by atoms with van der Waals surface area (Å²) >= 11 is 0. The molecule has 1 aromatic heterocycles. The van der Waals surface area contributed by atoms with Gasteiger partial charge in [0.1, 0.15) is 16.5 Å². The molecular weight excluding hydrogens is 512 g/mol. The van der Waals surface area contributed by atoms with Gasteiger partial charge in [0.15, 0.2) is 5.82 Å². The van der Waals surface area contributed by atoms with Gasteiger partial charge in [-0.05, 0) is 54.8 Å². The number of aromatic nitrogens is 1. The van der Waals surface area contributed by atoms with Crippen LogP contribution in [-0.4, -0.2) is 38.9 Å². The molecule has 2 aromatic carbocycles. The fourth-order valence-electron chi connectivity index (χ4n) is 3.73. The molecule has 1 fully saturated rings. The molecule has 0 unspecified atom stereocenters. The molecule has 0 spiro atoms. The lowest BCUT2D eigenvalue weighted by Crippen LogP contribution is -2.19. The Morgan fingerprint density at radius 2 is 1.84 bits per heavy atom. The summed E-state index contributed by atoms with van der Waals surface area (Å²) < 4.78 is 89.7. The SMILES string of the molecule is NC(=C(C=NC1CCOCC1)c1ccnc(F)c1)c1cccc(NS(=O)(=O)c2cc(F)ccc2F)c1F. The summed E-state index contributed by atoms with van der Waals surface area (Å²) in [7, 11) is -4.69. The standard InChI is InChI=1S/C25H22F4N4O3S/c26-16-4-5-20(27)22(13-16)37(34,35)33-21-3-1-2-18(24(21)29)25(30)19(15-6-9-31-23(28)12-15)14-32-17-7-10-36-11-8-17/h1-6,9,12-14,17,33H,7-8,10-11,30H2. The first-order valence-electron chi connectivity index (χ1n) is 11.1. The number of hydrogen-bond donors (Lipinski definition) is 2. The number of allylic oxidation sites excluding steroid dienone is 1. The number of benzene rings is 2. The highest BCUT2D eigenvalue weighted by molar-refractivity contribution is 7.92. The van der Waals surface area contributed by atoms with Gasteiger partial charge in [-0.2, -0.15) is 4.39 Å². The summed E-state index contributed by atoms with van der Waals surface area (Å²) in [5.41, 5.74) is 5.85. The third kappa shape index (κ3) is 6.15. The predicted octanol–water partition coefficient (Wildman–Crippen LogP) is 4.52. The van der Waals surface area contributed by atoms with E-state index in [2.05, 4.69) is 9.98 Å². The fourth-order valence-corrected chi connectivity index (χ4v) is 4.88. The summed E-state index contributed by atoms with van der Waals surface area (Å²) in [5, 5.41) is 0. The van der Waals surface area contributed by atoms with Gasteiger partial charge in [-0.15, -0.1) is 0 Å². The lowest BCUT2D eigenvalue weighted by Gasteiger charge is -2.19. The van der Waals surface area contributed by atoms with Gasteiger partial charge in [0, 0.05) is 42.8 Å². The number of anilines is 1. The molecule has 3 N–H and O–H groups in total. The molecule has 1 aliphatic rings.